The van der Waals surface area contributed by atoms with Crippen LogP contribution in [0.1, 0.15) is 27.2 Å². The Balaban J connectivity index is 1.99. The largest absolute Gasteiger partial charge is 0.415 e. The summed E-state index contributed by atoms with van der Waals surface area (Å²) in [6, 6.07) is 0.122. The number of fused-ring (bicyclic) bond motifs is 1. The van der Waals surface area contributed by atoms with Gasteiger partial charge in [-0.2, -0.15) is 0 Å². The van der Waals surface area contributed by atoms with E-state index in [2.05, 4.69) is 33.9 Å². The van der Waals surface area contributed by atoms with Gasteiger partial charge in [0, 0.05) is 12.0 Å². The van der Waals surface area contributed by atoms with E-state index in [4.69, 9.17) is 4.43 Å². The maximum atomic E-state index is 12.0. The number of hydrogen-bond acceptors (Lipinski definition) is 3. The third kappa shape index (κ3) is 2.65. The first-order valence-electron chi connectivity index (χ1n) is 7.07. The zero-order valence-electron chi connectivity index (χ0n) is 12.6. The Labute approximate surface area is 117 Å². The molecule has 3 atom stereocenters. The Hall–Kier alpha value is -0.618. The minimum atomic E-state index is -1.78. The van der Waals surface area contributed by atoms with Crippen LogP contribution in [0.25, 0.3) is 0 Å². The molecule has 0 radical (unpaired) electrons. The third-order valence-corrected chi connectivity index (χ3v) is 9.53. The van der Waals surface area contributed by atoms with Crippen molar-refractivity contribution in [3.63, 3.8) is 0 Å². The minimum absolute atomic E-state index is 0.122. The molecule has 4 nitrogen and oxygen atoms in total. The van der Waals surface area contributed by atoms with E-state index in [9.17, 15) is 9.59 Å². The predicted molar refractivity (Wildman–Crippen MR) is 79.3 cm³/mol. The van der Waals surface area contributed by atoms with Gasteiger partial charge in [-0.15, -0.1) is 0 Å². The van der Waals surface area contributed by atoms with E-state index in [1.165, 1.54) is 0 Å². The molecule has 1 saturated carbocycles. The third-order valence-electron chi connectivity index (χ3n) is 5.03. The van der Waals surface area contributed by atoms with Crippen LogP contribution in [0.15, 0.2) is 0 Å². The first-order chi connectivity index (χ1) is 8.69. The lowest BCUT2D eigenvalue weighted by Crippen LogP contribution is -2.48. The average Bonchev–Trinajstić information content (AvgIpc) is 3.01. The van der Waals surface area contributed by atoms with Crippen LogP contribution in [0.2, 0.25) is 18.1 Å². The first-order valence-corrected chi connectivity index (χ1v) is 9.98. The Bertz CT molecular complexity index is 394. The lowest BCUT2D eigenvalue weighted by atomic mass is 9.92. The molecule has 106 valence electrons. The van der Waals surface area contributed by atoms with Gasteiger partial charge in [0.2, 0.25) is 5.91 Å². The van der Waals surface area contributed by atoms with Gasteiger partial charge in [0.15, 0.2) is 8.32 Å². The molecule has 0 aromatic rings. The standard InChI is InChI=1S/C13H24BNO3Si/c1-13(2,3)19(4,5)18-7-11-9-6-10(9)12(17)15(11)14-8-16/h8-11,14H,6-7H2,1-5H3/t9?,10?,11-/m1/s1. The van der Waals surface area contributed by atoms with Crippen molar-refractivity contribution in [2.75, 3.05) is 6.61 Å². The van der Waals surface area contributed by atoms with Gasteiger partial charge in [-0.05, 0) is 30.5 Å². The molecule has 2 unspecified atom stereocenters. The van der Waals surface area contributed by atoms with Crippen molar-refractivity contribution < 1.29 is 14.0 Å². The fraction of sp³-hybridized carbons (Fsp3) is 0.846. The summed E-state index contributed by atoms with van der Waals surface area (Å²) in [7, 11) is -1.56. The van der Waals surface area contributed by atoms with Gasteiger partial charge < -0.3 is 14.0 Å². The summed E-state index contributed by atoms with van der Waals surface area (Å²) in [6.07, 6.45) is 1.81. The SMILES string of the molecule is CC(C)(C)[Si](C)(C)OC[C@@H]1C2CC2C(=O)N1BC=O. The maximum absolute atomic E-state index is 12.0. The first kappa shape index (κ1) is 14.8. The number of carbonyl (C=O) groups excluding carboxylic acids is 2. The Morgan fingerprint density at radius 3 is 2.63 bits per heavy atom. The van der Waals surface area contributed by atoms with E-state index in [1.807, 2.05) is 0 Å². The molecular weight excluding hydrogens is 257 g/mol. The van der Waals surface area contributed by atoms with Crippen LogP contribution in [0.3, 0.4) is 0 Å². The normalized spacial score (nSPS) is 30.3. The molecule has 2 aliphatic rings. The second kappa shape index (κ2) is 4.74. The Kier molecular flexibility index (Phi) is 3.69. The second-order valence-corrected chi connectivity index (χ2v) is 12.1. The molecule has 1 heterocycles. The number of nitrogens with zero attached hydrogens (tertiary/aromatic N) is 1. The van der Waals surface area contributed by atoms with Gasteiger partial charge in [-0.3, -0.25) is 4.79 Å². The fourth-order valence-corrected chi connectivity index (χ4v) is 3.58. The van der Waals surface area contributed by atoms with E-state index in [0.29, 0.717) is 12.5 Å². The second-order valence-electron chi connectivity index (χ2n) is 7.30. The van der Waals surface area contributed by atoms with Crippen molar-refractivity contribution in [2.24, 2.45) is 11.8 Å². The lowest BCUT2D eigenvalue weighted by molar-refractivity contribution is -0.127. The summed E-state index contributed by atoms with van der Waals surface area (Å²) in [5, 5.41) is 0.175. The van der Waals surface area contributed by atoms with Crippen molar-refractivity contribution in [1.82, 2.24) is 4.81 Å². The summed E-state index contributed by atoms with van der Waals surface area (Å²) in [4.78, 5) is 24.4. The molecule has 1 aliphatic heterocycles. The highest BCUT2D eigenvalue weighted by atomic mass is 28.4. The fourth-order valence-electron chi connectivity index (χ4n) is 2.56. The number of carbonyl (C=O) groups is 2. The van der Waals surface area contributed by atoms with Gasteiger partial charge in [-0.1, -0.05) is 20.8 Å². The number of rotatable bonds is 5. The van der Waals surface area contributed by atoms with Crippen LogP contribution >= 0.6 is 0 Å². The van der Waals surface area contributed by atoms with Gasteiger partial charge in [-0.25, -0.2) is 0 Å². The van der Waals surface area contributed by atoms with Crippen molar-refractivity contribution in [1.29, 1.82) is 0 Å². The maximum Gasteiger partial charge on any atom is 0.313 e. The minimum Gasteiger partial charge on any atom is -0.415 e. The molecule has 0 aromatic heterocycles. The molecule has 1 aliphatic carbocycles. The molecule has 6 heteroatoms. The number of hydrogen-bond donors (Lipinski definition) is 0. The Morgan fingerprint density at radius 2 is 2.11 bits per heavy atom. The highest BCUT2D eigenvalue weighted by Crippen LogP contribution is 2.50. The molecule has 0 bridgehead atoms. The van der Waals surface area contributed by atoms with Crippen LogP contribution < -0.4 is 0 Å². The zero-order chi connectivity index (χ0) is 14.4. The van der Waals surface area contributed by atoms with Crippen molar-refractivity contribution in [3.8, 4) is 0 Å². The van der Waals surface area contributed by atoms with E-state index >= 15 is 0 Å². The van der Waals surface area contributed by atoms with Crippen LogP contribution in [-0.2, 0) is 14.0 Å². The summed E-state index contributed by atoms with van der Waals surface area (Å²) in [5.74, 6) is 0.756. The van der Waals surface area contributed by atoms with Gasteiger partial charge in [0.25, 0.3) is 0 Å². The molecule has 1 amide bonds. The Morgan fingerprint density at radius 1 is 1.47 bits per heavy atom. The summed E-state index contributed by atoms with van der Waals surface area (Å²) < 4.78 is 6.23. The molecule has 0 N–H and O–H groups in total. The molecule has 0 aromatic carbocycles. The summed E-state index contributed by atoms with van der Waals surface area (Å²) >= 11 is 0. The monoisotopic (exact) mass is 281 g/mol. The van der Waals surface area contributed by atoms with E-state index < -0.39 is 8.32 Å². The van der Waals surface area contributed by atoms with Gasteiger partial charge >= 0.3 is 7.41 Å². The highest BCUT2D eigenvalue weighted by Gasteiger charge is 2.58. The van der Waals surface area contributed by atoms with Crippen molar-refractivity contribution in [3.05, 3.63) is 0 Å². The van der Waals surface area contributed by atoms with Crippen molar-refractivity contribution in [2.45, 2.75) is 51.4 Å². The smallest absolute Gasteiger partial charge is 0.313 e. The lowest BCUT2D eigenvalue weighted by Gasteiger charge is -2.38. The zero-order valence-corrected chi connectivity index (χ0v) is 13.6. The quantitative estimate of drug-likeness (QED) is 0.565. The average molecular weight is 281 g/mol. The molecular formula is C13H24BNO3Si. The summed E-state index contributed by atoms with van der Waals surface area (Å²) in [6.45, 7) is 11.7. The van der Waals surface area contributed by atoms with Crippen LogP contribution in [0.5, 0.6) is 0 Å². The predicted octanol–water partition coefficient (Wildman–Crippen LogP) is 1.40. The van der Waals surface area contributed by atoms with Crippen LogP contribution in [0, 0.1) is 11.8 Å². The number of piperidine rings is 1. The van der Waals surface area contributed by atoms with Crippen molar-refractivity contribution >= 4 is 27.8 Å². The van der Waals surface area contributed by atoms with Crippen LogP contribution in [-0.4, -0.2) is 45.3 Å². The molecule has 2 rings (SSSR count). The highest BCUT2D eigenvalue weighted by molar-refractivity contribution is 6.74. The van der Waals surface area contributed by atoms with E-state index in [-0.39, 0.29) is 30.3 Å². The van der Waals surface area contributed by atoms with Gasteiger partial charge in [0.1, 0.15) is 6.19 Å². The molecule has 1 saturated heterocycles. The number of amides is 1. The van der Waals surface area contributed by atoms with Gasteiger partial charge in [0.05, 0.1) is 6.61 Å². The van der Waals surface area contributed by atoms with E-state index in [0.717, 1.165) is 12.6 Å². The van der Waals surface area contributed by atoms with Crippen LogP contribution in [0.4, 0.5) is 0 Å². The topological polar surface area (TPSA) is 46.6 Å². The summed E-state index contributed by atoms with van der Waals surface area (Å²) in [5.41, 5.74) is 0. The van der Waals surface area contributed by atoms with E-state index in [1.54, 1.807) is 4.81 Å². The molecule has 19 heavy (non-hydrogen) atoms. The molecule has 2 fully saturated rings. The molecule has 0 spiro atoms.